The molecule has 14 heavy (non-hydrogen) atoms. The summed E-state index contributed by atoms with van der Waals surface area (Å²) in [6.45, 7) is 11.2. The van der Waals surface area contributed by atoms with Crippen LogP contribution < -0.4 is 0 Å². The molecule has 0 aliphatic heterocycles. The third kappa shape index (κ3) is 8.27. The molecule has 0 aromatic heterocycles. The van der Waals surface area contributed by atoms with Crippen molar-refractivity contribution in [3.8, 4) is 0 Å². The van der Waals surface area contributed by atoms with Gasteiger partial charge in [-0.15, -0.1) is 0 Å². The zero-order chi connectivity index (χ0) is 10.1. The number of rotatable bonds is 8. The Morgan fingerprint density at radius 2 is 1.86 bits per heavy atom. The fourth-order valence-corrected chi connectivity index (χ4v) is 1.36. The molecule has 1 unspecified atom stereocenters. The van der Waals surface area contributed by atoms with Gasteiger partial charge in [-0.2, -0.15) is 0 Å². The number of unbranched alkanes of at least 4 members (excludes halogenated alkanes) is 3. The van der Waals surface area contributed by atoms with E-state index in [-0.39, 0.29) is 11.6 Å². The Balaban J connectivity index is 0. The van der Waals surface area contributed by atoms with E-state index in [1.807, 2.05) is 6.92 Å². The lowest BCUT2D eigenvalue weighted by Gasteiger charge is -2.15. The molecule has 0 rings (SSSR count). The van der Waals surface area contributed by atoms with Gasteiger partial charge in [0.1, 0.15) is 0 Å². The average molecular weight is 202 g/mol. The van der Waals surface area contributed by atoms with Crippen molar-refractivity contribution in [2.24, 2.45) is 0 Å². The summed E-state index contributed by atoms with van der Waals surface area (Å²) in [4.78, 5) is 0. The van der Waals surface area contributed by atoms with Crippen LogP contribution in [0.4, 0.5) is 0 Å². The molecule has 2 N–H and O–H groups in total. The molecular weight excluding hydrogens is 176 g/mol. The standard InChI is InChI=1S/C12H24O.H2O/c1-5-7-8-9-10-13-12(6-2)11(3)4;/h12H,3,5-10H2,1-2,4H3;1H2. The molecule has 0 spiro atoms. The molecule has 0 aliphatic carbocycles. The topological polar surface area (TPSA) is 40.7 Å². The highest BCUT2D eigenvalue weighted by molar-refractivity contribution is 4.96. The van der Waals surface area contributed by atoms with Crippen molar-refractivity contribution in [2.75, 3.05) is 6.61 Å². The van der Waals surface area contributed by atoms with E-state index in [1.54, 1.807) is 0 Å². The van der Waals surface area contributed by atoms with Gasteiger partial charge in [-0.05, 0) is 19.8 Å². The summed E-state index contributed by atoms with van der Waals surface area (Å²) in [7, 11) is 0. The Morgan fingerprint density at radius 1 is 1.21 bits per heavy atom. The normalized spacial score (nSPS) is 11.9. The van der Waals surface area contributed by atoms with Gasteiger partial charge in [0.25, 0.3) is 0 Å². The van der Waals surface area contributed by atoms with Crippen molar-refractivity contribution in [3.05, 3.63) is 12.2 Å². The maximum Gasteiger partial charge on any atom is 0.0777 e. The molecule has 1 atom stereocenters. The highest BCUT2D eigenvalue weighted by Gasteiger charge is 2.05. The van der Waals surface area contributed by atoms with Crippen molar-refractivity contribution in [1.82, 2.24) is 0 Å². The van der Waals surface area contributed by atoms with Gasteiger partial charge >= 0.3 is 0 Å². The summed E-state index contributed by atoms with van der Waals surface area (Å²) < 4.78 is 5.70. The third-order valence-electron chi connectivity index (χ3n) is 2.24. The minimum absolute atomic E-state index is 0. The second-order valence-electron chi connectivity index (χ2n) is 3.67. The molecule has 0 aromatic carbocycles. The van der Waals surface area contributed by atoms with Gasteiger partial charge in [0, 0.05) is 6.61 Å². The van der Waals surface area contributed by atoms with E-state index >= 15 is 0 Å². The first-order valence-corrected chi connectivity index (χ1v) is 5.49. The van der Waals surface area contributed by atoms with E-state index in [2.05, 4.69) is 20.4 Å². The molecule has 0 aromatic rings. The van der Waals surface area contributed by atoms with Gasteiger partial charge in [-0.3, -0.25) is 0 Å². The number of ether oxygens (including phenoxy) is 1. The number of hydrogen-bond donors (Lipinski definition) is 0. The van der Waals surface area contributed by atoms with Crippen LogP contribution in [-0.4, -0.2) is 18.2 Å². The lowest BCUT2D eigenvalue weighted by molar-refractivity contribution is 0.0723. The molecular formula is C12H26O2. The van der Waals surface area contributed by atoms with Crippen LogP contribution in [0.15, 0.2) is 12.2 Å². The lowest BCUT2D eigenvalue weighted by atomic mass is 10.1. The molecule has 0 aliphatic rings. The van der Waals surface area contributed by atoms with Crippen LogP contribution in [0.5, 0.6) is 0 Å². The van der Waals surface area contributed by atoms with E-state index < -0.39 is 0 Å². The highest BCUT2D eigenvalue weighted by atomic mass is 16.5. The molecule has 0 saturated carbocycles. The summed E-state index contributed by atoms with van der Waals surface area (Å²) in [6, 6.07) is 0. The Labute approximate surface area is 88.7 Å². The van der Waals surface area contributed by atoms with Gasteiger partial charge < -0.3 is 10.2 Å². The van der Waals surface area contributed by atoms with Crippen molar-refractivity contribution >= 4 is 0 Å². The SMILES string of the molecule is C=C(C)C(CC)OCCCCCC.O. The van der Waals surface area contributed by atoms with Gasteiger partial charge in [-0.1, -0.05) is 45.3 Å². The monoisotopic (exact) mass is 202 g/mol. The fourth-order valence-electron chi connectivity index (χ4n) is 1.36. The predicted octanol–water partition coefficient (Wildman–Crippen LogP) is 3.11. The molecule has 0 radical (unpaired) electrons. The van der Waals surface area contributed by atoms with Crippen molar-refractivity contribution < 1.29 is 10.2 Å². The van der Waals surface area contributed by atoms with Crippen LogP contribution >= 0.6 is 0 Å². The van der Waals surface area contributed by atoms with E-state index in [0.717, 1.165) is 18.6 Å². The summed E-state index contributed by atoms with van der Waals surface area (Å²) in [6.07, 6.45) is 6.43. The Hall–Kier alpha value is -0.340. The van der Waals surface area contributed by atoms with Crippen LogP contribution in [0.2, 0.25) is 0 Å². The molecule has 2 heteroatoms. The second kappa shape index (κ2) is 10.7. The van der Waals surface area contributed by atoms with Crippen molar-refractivity contribution in [1.29, 1.82) is 0 Å². The van der Waals surface area contributed by atoms with E-state index in [0.29, 0.717) is 0 Å². The Bertz CT molecular complexity index is 132. The Kier molecular flexibility index (Phi) is 12.4. The van der Waals surface area contributed by atoms with Crippen LogP contribution in [0.3, 0.4) is 0 Å². The minimum atomic E-state index is 0. The third-order valence-corrected chi connectivity index (χ3v) is 2.24. The average Bonchev–Trinajstić information content (AvgIpc) is 2.10. The molecule has 0 heterocycles. The summed E-state index contributed by atoms with van der Waals surface area (Å²) in [5.74, 6) is 0. The van der Waals surface area contributed by atoms with E-state index in [1.165, 1.54) is 25.7 Å². The minimum Gasteiger partial charge on any atom is -0.412 e. The molecule has 0 saturated heterocycles. The lowest BCUT2D eigenvalue weighted by Crippen LogP contribution is -2.13. The molecule has 0 fully saturated rings. The first-order valence-electron chi connectivity index (χ1n) is 5.49. The van der Waals surface area contributed by atoms with Crippen LogP contribution in [-0.2, 0) is 4.74 Å². The molecule has 2 nitrogen and oxygen atoms in total. The van der Waals surface area contributed by atoms with Crippen LogP contribution in [0, 0.1) is 0 Å². The van der Waals surface area contributed by atoms with E-state index in [9.17, 15) is 0 Å². The molecule has 0 bridgehead atoms. The van der Waals surface area contributed by atoms with Crippen LogP contribution in [0.1, 0.15) is 52.9 Å². The maximum absolute atomic E-state index is 5.70. The molecule has 0 amide bonds. The number of hydrogen-bond acceptors (Lipinski definition) is 1. The van der Waals surface area contributed by atoms with Gasteiger partial charge in [0.05, 0.1) is 6.10 Å². The van der Waals surface area contributed by atoms with Crippen LogP contribution in [0.25, 0.3) is 0 Å². The second-order valence-corrected chi connectivity index (χ2v) is 3.67. The van der Waals surface area contributed by atoms with Crippen molar-refractivity contribution in [2.45, 2.75) is 59.0 Å². The maximum atomic E-state index is 5.70. The molecule has 86 valence electrons. The van der Waals surface area contributed by atoms with E-state index in [4.69, 9.17) is 4.74 Å². The first-order chi connectivity index (χ1) is 6.22. The quantitative estimate of drug-likeness (QED) is 0.440. The zero-order valence-electron chi connectivity index (χ0n) is 9.94. The summed E-state index contributed by atoms with van der Waals surface area (Å²) >= 11 is 0. The van der Waals surface area contributed by atoms with Gasteiger partial charge in [-0.25, -0.2) is 0 Å². The first kappa shape index (κ1) is 16.1. The summed E-state index contributed by atoms with van der Waals surface area (Å²) in [5, 5.41) is 0. The Morgan fingerprint density at radius 3 is 2.29 bits per heavy atom. The highest BCUT2D eigenvalue weighted by Crippen LogP contribution is 2.09. The van der Waals surface area contributed by atoms with Gasteiger partial charge in [0.15, 0.2) is 0 Å². The van der Waals surface area contributed by atoms with Gasteiger partial charge in [0.2, 0.25) is 0 Å². The summed E-state index contributed by atoms with van der Waals surface area (Å²) in [5.41, 5.74) is 1.15. The zero-order valence-corrected chi connectivity index (χ0v) is 9.94. The smallest absolute Gasteiger partial charge is 0.0777 e. The van der Waals surface area contributed by atoms with Crippen molar-refractivity contribution in [3.63, 3.8) is 0 Å². The predicted molar refractivity (Wildman–Crippen MR) is 62.6 cm³/mol. The largest absolute Gasteiger partial charge is 0.412 e. The fraction of sp³-hybridized carbons (Fsp3) is 0.833.